The molecule has 0 atom stereocenters. The van der Waals surface area contributed by atoms with Crippen molar-refractivity contribution in [1.82, 2.24) is 4.90 Å². The molecule has 3 rings (SSSR count). The molecule has 1 aromatic carbocycles. The van der Waals surface area contributed by atoms with Crippen LogP contribution in [0.25, 0.3) is 0 Å². The SMILES string of the molecule is O=C(N1CCCC1)C1(c2ccc(Cl)c([N+](=O)[O-])c2)CC1. The largest absolute Gasteiger partial charge is 0.342 e. The number of benzene rings is 1. The summed E-state index contributed by atoms with van der Waals surface area (Å²) in [5, 5.41) is 11.1. The van der Waals surface area contributed by atoms with Crippen LogP contribution in [0, 0.1) is 10.1 Å². The van der Waals surface area contributed by atoms with Crippen molar-refractivity contribution in [2.24, 2.45) is 0 Å². The topological polar surface area (TPSA) is 63.5 Å². The van der Waals surface area contributed by atoms with E-state index in [2.05, 4.69) is 0 Å². The molecule has 2 aliphatic rings. The molecule has 0 radical (unpaired) electrons. The van der Waals surface area contributed by atoms with Gasteiger partial charge in [-0.05, 0) is 37.3 Å². The predicted molar refractivity (Wildman–Crippen MR) is 74.8 cm³/mol. The van der Waals surface area contributed by atoms with Crippen molar-refractivity contribution in [2.45, 2.75) is 31.1 Å². The first kappa shape index (κ1) is 13.4. The summed E-state index contributed by atoms with van der Waals surface area (Å²) in [7, 11) is 0. The van der Waals surface area contributed by atoms with Gasteiger partial charge in [0, 0.05) is 19.2 Å². The lowest BCUT2D eigenvalue weighted by Gasteiger charge is -2.23. The molecule has 5 nitrogen and oxygen atoms in total. The van der Waals surface area contributed by atoms with Crippen LogP contribution in [0.4, 0.5) is 5.69 Å². The molecule has 1 saturated carbocycles. The zero-order valence-corrected chi connectivity index (χ0v) is 11.7. The van der Waals surface area contributed by atoms with Gasteiger partial charge in [0.1, 0.15) is 5.02 Å². The van der Waals surface area contributed by atoms with E-state index >= 15 is 0 Å². The first-order valence-electron chi connectivity index (χ1n) is 6.78. The van der Waals surface area contributed by atoms with E-state index in [0.717, 1.165) is 44.3 Å². The molecule has 1 aliphatic heterocycles. The van der Waals surface area contributed by atoms with E-state index in [1.807, 2.05) is 4.90 Å². The van der Waals surface area contributed by atoms with Crippen LogP contribution in [0.5, 0.6) is 0 Å². The van der Waals surface area contributed by atoms with Crippen molar-refractivity contribution in [2.75, 3.05) is 13.1 Å². The lowest BCUT2D eigenvalue weighted by molar-refractivity contribution is -0.384. The van der Waals surface area contributed by atoms with Crippen LogP contribution >= 0.6 is 11.6 Å². The third kappa shape index (κ3) is 2.06. The number of hydrogen-bond acceptors (Lipinski definition) is 3. The van der Waals surface area contributed by atoms with E-state index in [1.54, 1.807) is 6.07 Å². The predicted octanol–water partition coefficient (Wildman–Crippen LogP) is 2.90. The fourth-order valence-electron chi connectivity index (χ4n) is 2.92. The van der Waals surface area contributed by atoms with Crippen molar-refractivity contribution >= 4 is 23.2 Å². The molecule has 1 aromatic rings. The molecule has 20 heavy (non-hydrogen) atoms. The molecule has 1 aliphatic carbocycles. The number of nitrogens with zero attached hydrogens (tertiary/aromatic N) is 2. The van der Waals surface area contributed by atoms with E-state index in [-0.39, 0.29) is 16.6 Å². The van der Waals surface area contributed by atoms with Crippen molar-refractivity contribution < 1.29 is 9.72 Å². The van der Waals surface area contributed by atoms with Crippen LogP contribution in [0.3, 0.4) is 0 Å². The van der Waals surface area contributed by atoms with Crippen molar-refractivity contribution in [1.29, 1.82) is 0 Å². The molecule has 0 N–H and O–H groups in total. The summed E-state index contributed by atoms with van der Waals surface area (Å²) in [6, 6.07) is 4.73. The fourth-order valence-corrected chi connectivity index (χ4v) is 3.11. The second kappa shape index (κ2) is 4.74. The quantitative estimate of drug-likeness (QED) is 0.636. The third-order valence-electron chi connectivity index (χ3n) is 4.25. The Kier molecular flexibility index (Phi) is 3.17. The number of hydrogen-bond donors (Lipinski definition) is 0. The molecule has 1 heterocycles. The number of nitro benzene ring substituents is 1. The maximum absolute atomic E-state index is 12.6. The van der Waals surface area contributed by atoms with E-state index in [0.29, 0.717) is 0 Å². The molecule has 6 heteroatoms. The van der Waals surface area contributed by atoms with Gasteiger partial charge in [-0.25, -0.2) is 0 Å². The van der Waals surface area contributed by atoms with Gasteiger partial charge < -0.3 is 4.90 Å². The Bertz CT molecular complexity index is 578. The number of likely N-dealkylation sites (tertiary alicyclic amines) is 1. The third-order valence-corrected chi connectivity index (χ3v) is 4.57. The molecular formula is C14H15ClN2O3. The number of carbonyl (C=O) groups is 1. The van der Waals surface area contributed by atoms with Gasteiger partial charge in [0.15, 0.2) is 0 Å². The molecule has 2 fully saturated rings. The Labute approximate surface area is 121 Å². The van der Waals surface area contributed by atoms with Crippen molar-refractivity contribution in [3.63, 3.8) is 0 Å². The van der Waals surface area contributed by atoms with Crippen LogP contribution in [0.15, 0.2) is 18.2 Å². The van der Waals surface area contributed by atoms with Crippen molar-refractivity contribution in [3.05, 3.63) is 38.9 Å². The Morgan fingerprint density at radius 3 is 2.50 bits per heavy atom. The van der Waals surface area contributed by atoms with Gasteiger partial charge in [-0.1, -0.05) is 17.7 Å². The molecule has 0 spiro atoms. The normalized spacial score (nSPS) is 19.9. The highest BCUT2D eigenvalue weighted by atomic mass is 35.5. The summed E-state index contributed by atoms with van der Waals surface area (Å²) in [6.45, 7) is 1.60. The number of nitro groups is 1. The van der Waals surface area contributed by atoms with Gasteiger partial charge in [-0.15, -0.1) is 0 Å². The maximum atomic E-state index is 12.6. The number of halogens is 1. The van der Waals surface area contributed by atoms with E-state index in [9.17, 15) is 14.9 Å². The number of carbonyl (C=O) groups excluding carboxylic acids is 1. The van der Waals surface area contributed by atoms with Crippen LogP contribution in [-0.2, 0) is 10.2 Å². The minimum absolute atomic E-state index is 0.114. The lowest BCUT2D eigenvalue weighted by Crippen LogP contribution is -2.37. The van der Waals surface area contributed by atoms with Crippen LogP contribution in [-0.4, -0.2) is 28.8 Å². The number of rotatable bonds is 3. The van der Waals surface area contributed by atoms with Gasteiger partial charge in [-0.3, -0.25) is 14.9 Å². The standard InChI is InChI=1S/C14H15ClN2O3/c15-11-4-3-10(9-12(11)17(19)20)14(5-6-14)13(18)16-7-1-2-8-16/h3-4,9H,1-2,5-8H2. The summed E-state index contributed by atoms with van der Waals surface area (Å²) < 4.78 is 0. The van der Waals surface area contributed by atoms with Gasteiger partial charge in [0.25, 0.3) is 5.69 Å². The van der Waals surface area contributed by atoms with Crippen LogP contribution in [0.2, 0.25) is 5.02 Å². The zero-order valence-electron chi connectivity index (χ0n) is 11.0. The minimum Gasteiger partial charge on any atom is -0.342 e. The second-order valence-electron chi connectivity index (χ2n) is 5.50. The molecule has 106 valence electrons. The highest BCUT2D eigenvalue weighted by Gasteiger charge is 2.53. The molecule has 1 amide bonds. The molecule has 0 unspecified atom stereocenters. The average Bonchev–Trinajstić information content (AvgIpc) is 3.05. The maximum Gasteiger partial charge on any atom is 0.288 e. The van der Waals surface area contributed by atoms with Crippen LogP contribution in [0.1, 0.15) is 31.2 Å². The highest BCUT2D eigenvalue weighted by Crippen LogP contribution is 2.51. The first-order chi connectivity index (χ1) is 9.54. The number of amides is 1. The summed E-state index contributed by atoms with van der Waals surface area (Å²) in [5.74, 6) is 0.117. The van der Waals surface area contributed by atoms with Crippen LogP contribution < -0.4 is 0 Å². The van der Waals surface area contributed by atoms with Gasteiger partial charge in [0.2, 0.25) is 5.91 Å². The Balaban J connectivity index is 1.93. The Morgan fingerprint density at radius 1 is 1.30 bits per heavy atom. The minimum atomic E-state index is -0.542. The highest BCUT2D eigenvalue weighted by molar-refractivity contribution is 6.32. The summed E-state index contributed by atoms with van der Waals surface area (Å²) in [4.78, 5) is 25.0. The van der Waals surface area contributed by atoms with Gasteiger partial charge >= 0.3 is 0 Å². The first-order valence-corrected chi connectivity index (χ1v) is 7.16. The Morgan fingerprint density at radius 2 is 1.95 bits per heavy atom. The van der Waals surface area contributed by atoms with E-state index in [4.69, 9.17) is 11.6 Å². The molecule has 0 bridgehead atoms. The summed E-state index contributed by atoms with van der Waals surface area (Å²) >= 11 is 5.83. The summed E-state index contributed by atoms with van der Waals surface area (Å²) in [6.07, 6.45) is 3.62. The molecule has 1 saturated heterocycles. The zero-order chi connectivity index (χ0) is 14.3. The smallest absolute Gasteiger partial charge is 0.288 e. The summed E-state index contributed by atoms with van der Waals surface area (Å²) in [5.41, 5.74) is 0.0647. The average molecular weight is 295 g/mol. The van der Waals surface area contributed by atoms with Gasteiger partial charge in [0.05, 0.1) is 10.3 Å². The monoisotopic (exact) mass is 294 g/mol. The lowest BCUT2D eigenvalue weighted by atomic mass is 9.94. The van der Waals surface area contributed by atoms with E-state index < -0.39 is 10.3 Å². The Hall–Kier alpha value is -1.62. The second-order valence-corrected chi connectivity index (χ2v) is 5.91. The molecular weight excluding hydrogens is 280 g/mol. The van der Waals surface area contributed by atoms with Crippen molar-refractivity contribution in [3.8, 4) is 0 Å². The van der Waals surface area contributed by atoms with Gasteiger partial charge in [-0.2, -0.15) is 0 Å². The fraction of sp³-hybridized carbons (Fsp3) is 0.500. The van der Waals surface area contributed by atoms with E-state index in [1.165, 1.54) is 12.1 Å². The molecule has 0 aromatic heterocycles.